The van der Waals surface area contributed by atoms with Crippen LogP contribution < -0.4 is 0 Å². The molecule has 0 aliphatic carbocycles. The SMILES string of the molecule is C=C.C=CC1=C(C)C=NN(C(C)=O)B1O.CC. The first-order valence-electron chi connectivity index (χ1n) is 5.43. The van der Waals surface area contributed by atoms with Crippen molar-refractivity contribution in [3.05, 3.63) is 36.9 Å². The lowest BCUT2D eigenvalue weighted by Crippen LogP contribution is -2.42. The number of rotatable bonds is 1. The summed E-state index contributed by atoms with van der Waals surface area (Å²) in [6.45, 7) is 16.7. The zero-order chi connectivity index (χ0) is 14.0. The maximum absolute atomic E-state index is 11.0. The molecule has 0 spiro atoms. The Bertz CT molecular complexity index is 324. The van der Waals surface area contributed by atoms with E-state index in [1.807, 2.05) is 13.8 Å². The van der Waals surface area contributed by atoms with Gasteiger partial charge in [0.15, 0.2) is 0 Å². The number of hydrogen-bond acceptors (Lipinski definition) is 3. The van der Waals surface area contributed by atoms with Crippen molar-refractivity contribution in [3.63, 3.8) is 0 Å². The average molecular weight is 236 g/mol. The summed E-state index contributed by atoms with van der Waals surface area (Å²) in [6.07, 6.45) is 3.06. The van der Waals surface area contributed by atoms with Crippen LogP contribution in [0.4, 0.5) is 0 Å². The first-order chi connectivity index (χ1) is 8.07. The van der Waals surface area contributed by atoms with E-state index in [2.05, 4.69) is 24.8 Å². The van der Waals surface area contributed by atoms with Crippen molar-refractivity contribution in [2.75, 3.05) is 0 Å². The Labute approximate surface area is 104 Å². The van der Waals surface area contributed by atoms with E-state index in [1.54, 1.807) is 6.92 Å². The van der Waals surface area contributed by atoms with Crippen LogP contribution in [0.25, 0.3) is 0 Å². The predicted octanol–water partition coefficient (Wildman–Crippen LogP) is 2.18. The molecule has 0 unspecified atom stereocenters. The lowest BCUT2D eigenvalue weighted by atomic mass is 9.69. The van der Waals surface area contributed by atoms with Crippen molar-refractivity contribution < 1.29 is 9.82 Å². The van der Waals surface area contributed by atoms with Crippen LogP contribution in [-0.4, -0.2) is 29.1 Å². The summed E-state index contributed by atoms with van der Waals surface area (Å²) in [6, 6.07) is 0. The summed E-state index contributed by atoms with van der Waals surface area (Å²) in [4.78, 5) is 12.0. The Morgan fingerprint density at radius 1 is 1.53 bits per heavy atom. The average Bonchev–Trinajstić information content (AvgIpc) is 2.34. The highest BCUT2D eigenvalue weighted by Gasteiger charge is 2.30. The molecule has 1 aliphatic heterocycles. The van der Waals surface area contributed by atoms with Gasteiger partial charge in [0.2, 0.25) is 5.91 Å². The maximum Gasteiger partial charge on any atom is 0.474 e. The van der Waals surface area contributed by atoms with E-state index in [-0.39, 0.29) is 5.91 Å². The molecule has 94 valence electrons. The summed E-state index contributed by atoms with van der Waals surface area (Å²) >= 11 is 0. The molecule has 1 aliphatic rings. The topological polar surface area (TPSA) is 52.9 Å². The molecule has 0 atom stereocenters. The number of hydrogen-bond donors (Lipinski definition) is 1. The minimum Gasteiger partial charge on any atom is -0.427 e. The molecule has 1 amide bonds. The molecule has 0 saturated carbocycles. The van der Waals surface area contributed by atoms with Gasteiger partial charge in [-0.2, -0.15) is 5.10 Å². The highest BCUT2D eigenvalue weighted by Crippen LogP contribution is 2.15. The van der Waals surface area contributed by atoms with E-state index < -0.39 is 7.05 Å². The smallest absolute Gasteiger partial charge is 0.427 e. The second-order valence-electron chi connectivity index (χ2n) is 2.82. The Morgan fingerprint density at radius 2 is 2.00 bits per heavy atom. The standard InChI is InChI=1S/C8H11BN2O2.C2H6.C2H4/c1-4-8-6(2)5-10-11(7(3)12)9(8)13;2*1-2/h4-5,13H,1H2,2-3H3;1-2H3;1-2H2. The molecule has 0 fully saturated rings. The summed E-state index contributed by atoms with van der Waals surface area (Å²) in [7, 11) is -1.00. The van der Waals surface area contributed by atoms with Crippen molar-refractivity contribution in [2.24, 2.45) is 5.10 Å². The number of carbonyl (C=O) groups excluding carboxylic acids is 1. The quantitative estimate of drug-likeness (QED) is 0.560. The van der Waals surface area contributed by atoms with E-state index in [1.165, 1.54) is 19.2 Å². The Kier molecular flexibility index (Phi) is 10.0. The Hall–Kier alpha value is -1.62. The molecular formula is C12H21BN2O2. The van der Waals surface area contributed by atoms with Gasteiger partial charge in [-0.3, -0.25) is 4.79 Å². The van der Waals surface area contributed by atoms with Gasteiger partial charge in [-0.25, -0.2) is 4.92 Å². The van der Waals surface area contributed by atoms with Crippen LogP contribution in [0.2, 0.25) is 0 Å². The fraction of sp³-hybridized carbons (Fsp3) is 0.333. The van der Waals surface area contributed by atoms with Gasteiger partial charge in [0.25, 0.3) is 0 Å². The van der Waals surface area contributed by atoms with Gasteiger partial charge in [-0.05, 0) is 18.0 Å². The van der Waals surface area contributed by atoms with Gasteiger partial charge in [0.05, 0.1) is 0 Å². The molecule has 0 aromatic carbocycles. The van der Waals surface area contributed by atoms with Crippen molar-refractivity contribution in [1.29, 1.82) is 0 Å². The third-order valence-corrected chi connectivity index (χ3v) is 1.88. The molecule has 0 aromatic rings. The van der Waals surface area contributed by atoms with Crippen LogP contribution in [-0.2, 0) is 4.79 Å². The summed E-state index contributed by atoms with van der Waals surface area (Å²) in [5, 5.41) is 13.4. The molecule has 5 heteroatoms. The number of carbonyl (C=O) groups is 1. The minimum absolute atomic E-state index is 0.296. The lowest BCUT2D eigenvalue weighted by molar-refractivity contribution is -0.125. The number of hydrazone groups is 1. The zero-order valence-corrected chi connectivity index (χ0v) is 11.1. The van der Waals surface area contributed by atoms with Crippen molar-refractivity contribution >= 4 is 19.2 Å². The molecule has 17 heavy (non-hydrogen) atoms. The molecule has 0 bridgehead atoms. The number of allylic oxidation sites excluding steroid dienone is 3. The van der Waals surface area contributed by atoms with Gasteiger partial charge in [0, 0.05) is 13.1 Å². The summed E-state index contributed by atoms with van der Waals surface area (Å²) in [5.41, 5.74) is 1.44. The molecule has 4 nitrogen and oxygen atoms in total. The minimum atomic E-state index is -1.00. The Balaban J connectivity index is 0. The van der Waals surface area contributed by atoms with Crippen molar-refractivity contribution in [1.82, 2.24) is 4.92 Å². The lowest BCUT2D eigenvalue weighted by Gasteiger charge is -2.23. The van der Waals surface area contributed by atoms with Crippen LogP contribution in [0.3, 0.4) is 0 Å². The van der Waals surface area contributed by atoms with Crippen molar-refractivity contribution in [2.45, 2.75) is 27.7 Å². The number of amides is 1. The van der Waals surface area contributed by atoms with E-state index in [0.29, 0.717) is 5.47 Å². The first kappa shape index (κ1) is 17.8. The normalized spacial score (nSPS) is 13.2. The fourth-order valence-electron chi connectivity index (χ4n) is 1.14. The van der Waals surface area contributed by atoms with E-state index in [4.69, 9.17) is 0 Å². The molecular weight excluding hydrogens is 215 g/mol. The predicted molar refractivity (Wildman–Crippen MR) is 74.5 cm³/mol. The maximum atomic E-state index is 11.0. The zero-order valence-electron chi connectivity index (χ0n) is 11.1. The van der Waals surface area contributed by atoms with Gasteiger partial charge < -0.3 is 5.02 Å². The van der Waals surface area contributed by atoms with Gasteiger partial charge in [-0.15, -0.1) is 13.2 Å². The molecule has 1 N–H and O–H groups in total. The van der Waals surface area contributed by atoms with Crippen LogP contribution in [0, 0.1) is 0 Å². The van der Waals surface area contributed by atoms with E-state index in [9.17, 15) is 9.82 Å². The van der Waals surface area contributed by atoms with E-state index >= 15 is 0 Å². The second-order valence-corrected chi connectivity index (χ2v) is 2.82. The number of nitrogens with zero attached hydrogens (tertiary/aromatic N) is 2. The van der Waals surface area contributed by atoms with Crippen molar-refractivity contribution in [3.8, 4) is 0 Å². The molecule has 1 rings (SSSR count). The van der Waals surface area contributed by atoms with Crippen LogP contribution in [0.1, 0.15) is 27.7 Å². The van der Waals surface area contributed by atoms with E-state index in [0.717, 1.165) is 10.5 Å². The largest absolute Gasteiger partial charge is 0.474 e. The van der Waals surface area contributed by atoms with Gasteiger partial charge in [0.1, 0.15) is 0 Å². The molecule has 0 saturated heterocycles. The van der Waals surface area contributed by atoms with Crippen LogP contribution >= 0.6 is 0 Å². The fourth-order valence-corrected chi connectivity index (χ4v) is 1.14. The summed E-state index contributed by atoms with van der Waals surface area (Å²) in [5.74, 6) is -0.296. The monoisotopic (exact) mass is 236 g/mol. The Morgan fingerprint density at radius 3 is 2.35 bits per heavy atom. The summed E-state index contributed by atoms with van der Waals surface area (Å²) < 4.78 is 0. The van der Waals surface area contributed by atoms with Crippen LogP contribution in [0.15, 0.2) is 42.0 Å². The van der Waals surface area contributed by atoms with Gasteiger partial charge in [-0.1, -0.05) is 26.5 Å². The highest BCUT2D eigenvalue weighted by molar-refractivity contribution is 6.60. The molecule has 0 radical (unpaired) electrons. The first-order valence-corrected chi connectivity index (χ1v) is 5.43. The second kappa shape index (κ2) is 9.60. The van der Waals surface area contributed by atoms with Gasteiger partial charge >= 0.3 is 7.05 Å². The third-order valence-electron chi connectivity index (χ3n) is 1.88. The molecule has 1 heterocycles. The third kappa shape index (κ3) is 4.82. The molecule has 0 aromatic heterocycles. The highest BCUT2D eigenvalue weighted by atomic mass is 16.2. The van der Waals surface area contributed by atoms with Crippen LogP contribution in [0.5, 0.6) is 0 Å².